The van der Waals surface area contributed by atoms with Crippen molar-refractivity contribution < 1.29 is 0 Å². The summed E-state index contributed by atoms with van der Waals surface area (Å²) in [6.45, 7) is 2.35. The largest absolute Gasteiger partial charge is 0.316 e. The molecule has 1 aromatic heterocycles. The van der Waals surface area contributed by atoms with Crippen LogP contribution in [0.2, 0.25) is 5.02 Å². The van der Waals surface area contributed by atoms with E-state index in [-0.39, 0.29) is 0 Å². The highest BCUT2D eigenvalue weighted by Crippen LogP contribution is 2.18. The Labute approximate surface area is 93.4 Å². The summed E-state index contributed by atoms with van der Waals surface area (Å²) in [6.07, 6.45) is 1.77. The van der Waals surface area contributed by atoms with Crippen LogP contribution in [0.25, 0.3) is 0 Å². The lowest BCUT2D eigenvalue weighted by Crippen LogP contribution is -2.43. The van der Waals surface area contributed by atoms with Crippen LogP contribution in [0.3, 0.4) is 0 Å². The molecule has 0 unspecified atom stereocenters. The number of halogens is 1. The Kier molecular flexibility index (Phi) is 3.67. The van der Waals surface area contributed by atoms with Crippen molar-refractivity contribution in [2.75, 3.05) is 18.8 Å². The van der Waals surface area contributed by atoms with E-state index >= 15 is 0 Å². The van der Waals surface area contributed by atoms with Gasteiger partial charge in [-0.15, -0.1) is 0 Å². The van der Waals surface area contributed by atoms with Gasteiger partial charge in [0.05, 0.1) is 5.69 Å². The first kappa shape index (κ1) is 10.3. The maximum atomic E-state index is 5.87. The minimum absolute atomic E-state index is 0.779. The van der Waals surface area contributed by atoms with Crippen LogP contribution in [0.4, 0.5) is 0 Å². The molecule has 0 bridgehead atoms. The van der Waals surface area contributed by atoms with E-state index in [1.807, 2.05) is 23.9 Å². The van der Waals surface area contributed by atoms with Crippen LogP contribution in [0.15, 0.2) is 18.3 Å². The van der Waals surface area contributed by atoms with Crippen molar-refractivity contribution in [1.82, 2.24) is 10.3 Å². The predicted molar refractivity (Wildman–Crippen MR) is 61.8 cm³/mol. The molecule has 2 rings (SSSR count). The van der Waals surface area contributed by atoms with Gasteiger partial charge in [0.2, 0.25) is 0 Å². The molecule has 1 aromatic rings. The number of pyridine rings is 1. The molecule has 0 aromatic carbocycles. The van der Waals surface area contributed by atoms with Crippen molar-refractivity contribution in [2.45, 2.75) is 5.75 Å². The van der Waals surface area contributed by atoms with Crippen molar-refractivity contribution in [2.24, 2.45) is 5.92 Å². The minimum Gasteiger partial charge on any atom is -0.316 e. The molecule has 0 amide bonds. The molecule has 1 aliphatic rings. The Morgan fingerprint density at radius 1 is 1.57 bits per heavy atom. The number of hydrogen-bond donors (Lipinski definition) is 1. The molecule has 0 saturated carbocycles. The molecular formula is C10H13ClN2S. The summed E-state index contributed by atoms with van der Waals surface area (Å²) in [4.78, 5) is 4.26. The molecule has 4 heteroatoms. The second-order valence-electron chi connectivity index (χ2n) is 3.50. The van der Waals surface area contributed by atoms with Crippen LogP contribution < -0.4 is 5.32 Å². The summed E-state index contributed by atoms with van der Waals surface area (Å²) in [7, 11) is 0. The van der Waals surface area contributed by atoms with Gasteiger partial charge in [-0.2, -0.15) is 11.8 Å². The Hall–Kier alpha value is -0.250. The van der Waals surface area contributed by atoms with E-state index in [1.165, 1.54) is 18.8 Å². The first-order chi connectivity index (χ1) is 6.84. The molecule has 0 atom stereocenters. The quantitative estimate of drug-likeness (QED) is 0.855. The van der Waals surface area contributed by atoms with Gasteiger partial charge in [-0.3, -0.25) is 4.98 Å². The normalized spacial score (nSPS) is 16.6. The highest BCUT2D eigenvalue weighted by atomic mass is 35.5. The second kappa shape index (κ2) is 5.01. The van der Waals surface area contributed by atoms with Gasteiger partial charge in [-0.1, -0.05) is 11.6 Å². The maximum Gasteiger partial charge on any atom is 0.0517 e. The summed E-state index contributed by atoms with van der Waals surface area (Å²) in [5.41, 5.74) is 1.08. The first-order valence-electron chi connectivity index (χ1n) is 4.73. The fourth-order valence-corrected chi connectivity index (χ4v) is 2.56. The van der Waals surface area contributed by atoms with Gasteiger partial charge in [0.25, 0.3) is 0 Å². The van der Waals surface area contributed by atoms with Crippen molar-refractivity contribution in [3.8, 4) is 0 Å². The molecule has 0 spiro atoms. The summed E-state index contributed by atoms with van der Waals surface area (Å²) in [6, 6.07) is 3.75. The summed E-state index contributed by atoms with van der Waals surface area (Å²) in [5.74, 6) is 3.05. The Balaban J connectivity index is 1.74. The van der Waals surface area contributed by atoms with E-state index in [1.54, 1.807) is 6.20 Å². The number of nitrogens with zero attached hydrogens (tertiary/aromatic N) is 1. The van der Waals surface area contributed by atoms with E-state index in [4.69, 9.17) is 11.6 Å². The Morgan fingerprint density at radius 3 is 3.07 bits per heavy atom. The second-order valence-corrected chi connectivity index (χ2v) is 4.97. The molecule has 1 fully saturated rings. The lowest BCUT2D eigenvalue weighted by atomic mass is 10.1. The zero-order valence-electron chi connectivity index (χ0n) is 7.87. The predicted octanol–water partition coefficient (Wildman–Crippen LogP) is 2.19. The van der Waals surface area contributed by atoms with Crippen molar-refractivity contribution in [1.29, 1.82) is 0 Å². The van der Waals surface area contributed by atoms with Gasteiger partial charge < -0.3 is 5.32 Å². The van der Waals surface area contributed by atoms with Crippen LogP contribution in [0.1, 0.15) is 5.69 Å². The average Bonchev–Trinajstić information content (AvgIpc) is 2.09. The lowest BCUT2D eigenvalue weighted by Gasteiger charge is -2.26. The highest BCUT2D eigenvalue weighted by Gasteiger charge is 2.15. The van der Waals surface area contributed by atoms with Crippen LogP contribution >= 0.6 is 23.4 Å². The molecule has 1 aliphatic heterocycles. The smallest absolute Gasteiger partial charge is 0.0517 e. The summed E-state index contributed by atoms with van der Waals surface area (Å²) in [5, 5.41) is 4.05. The maximum absolute atomic E-state index is 5.87. The summed E-state index contributed by atoms with van der Waals surface area (Å²) >= 11 is 7.80. The Morgan fingerprint density at radius 2 is 2.43 bits per heavy atom. The van der Waals surface area contributed by atoms with Gasteiger partial charge in [0.1, 0.15) is 0 Å². The van der Waals surface area contributed by atoms with E-state index < -0.39 is 0 Å². The van der Waals surface area contributed by atoms with Crippen LogP contribution in [0, 0.1) is 5.92 Å². The van der Waals surface area contributed by atoms with Gasteiger partial charge >= 0.3 is 0 Å². The average molecular weight is 229 g/mol. The molecule has 14 heavy (non-hydrogen) atoms. The molecule has 76 valence electrons. The van der Waals surface area contributed by atoms with Crippen LogP contribution in [-0.4, -0.2) is 23.8 Å². The van der Waals surface area contributed by atoms with Crippen molar-refractivity contribution >= 4 is 23.4 Å². The number of hydrogen-bond acceptors (Lipinski definition) is 3. The molecule has 1 N–H and O–H groups in total. The monoisotopic (exact) mass is 228 g/mol. The third-order valence-corrected chi connectivity index (χ3v) is 3.69. The van der Waals surface area contributed by atoms with Crippen molar-refractivity contribution in [3.63, 3.8) is 0 Å². The lowest BCUT2D eigenvalue weighted by molar-refractivity contribution is 0.385. The zero-order chi connectivity index (χ0) is 9.80. The summed E-state index contributed by atoms with van der Waals surface area (Å²) < 4.78 is 0. The number of thioether (sulfide) groups is 1. The molecule has 0 radical (unpaired) electrons. The molecule has 2 heterocycles. The SMILES string of the molecule is Clc1ccnc(CSCC2CNC2)c1. The molecule has 1 saturated heterocycles. The highest BCUT2D eigenvalue weighted by molar-refractivity contribution is 7.98. The zero-order valence-corrected chi connectivity index (χ0v) is 9.44. The number of aromatic nitrogens is 1. The third kappa shape index (κ3) is 2.87. The van der Waals surface area contributed by atoms with Gasteiger partial charge in [-0.25, -0.2) is 0 Å². The molecule has 2 nitrogen and oxygen atoms in total. The van der Waals surface area contributed by atoms with Crippen LogP contribution in [-0.2, 0) is 5.75 Å². The fourth-order valence-electron chi connectivity index (χ4n) is 1.32. The van der Waals surface area contributed by atoms with Crippen molar-refractivity contribution in [3.05, 3.63) is 29.0 Å². The minimum atomic E-state index is 0.779. The molecular weight excluding hydrogens is 216 g/mol. The van der Waals surface area contributed by atoms with E-state index in [9.17, 15) is 0 Å². The number of rotatable bonds is 4. The van der Waals surface area contributed by atoms with Gasteiger partial charge in [-0.05, 0) is 36.9 Å². The molecule has 0 aliphatic carbocycles. The standard InChI is InChI=1S/C10H13ClN2S/c11-9-1-2-13-10(3-9)7-14-6-8-4-12-5-8/h1-3,8,12H,4-7H2. The third-order valence-electron chi connectivity index (χ3n) is 2.25. The van der Waals surface area contributed by atoms with Gasteiger partial charge in [0, 0.05) is 17.0 Å². The van der Waals surface area contributed by atoms with E-state index in [2.05, 4.69) is 10.3 Å². The Bertz CT molecular complexity index is 302. The topological polar surface area (TPSA) is 24.9 Å². The first-order valence-corrected chi connectivity index (χ1v) is 6.27. The van der Waals surface area contributed by atoms with Crippen LogP contribution in [0.5, 0.6) is 0 Å². The van der Waals surface area contributed by atoms with E-state index in [0.717, 1.165) is 22.4 Å². The van der Waals surface area contributed by atoms with Gasteiger partial charge in [0.15, 0.2) is 0 Å². The van der Waals surface area contributed by atoms with E-state index in [0.29, 0.717) is 0 Å². The fraction of sp³-hybridized carbons (Fsp3) is 0.500. The number of nitrogens with one attached hydrogen (secondary N) is 1.